The zero-order valence-electron chi connectivity index (χ0n) is 11.9. The fourth-order valence-corrected chi connectivity index (χ4v) is 3.47. The molecule has 3 rings (SSSR count). The Hall–Kier alpha value is -0.890. The molecule has 1 fully saturated rings. The van der Waals surface area contributed by atoms with Crippen molar-refractivity contribution in [3.8, 4) is 5.75 Å². The molecular formula is C14H18IN3O2. The van der Waals surface area contributed by atoms with Crippen molar-refractivity contribution in [2.45, 2.75) is 38.2 Å². The van der Waals surface area contributed by atoms with Crippen LogP contribution >= 0.6 is 22.6 Å². The van der Waals surface area contributed by atoms with E-state index < -0.39 is 0 Å². The number of hydrogen-bond donors (Lipinski definition) is 0. The van der Waals surface area contributed by atoms with E-state index in [-0.39, 0.29) is 5.60 Å². The maximum absolute atomic E-state index is 5.79. The van der Waals surface area contributed by atoms with E-state index in [4.69, 9.17) is 9.47 Å². The van der Waals surface area contributed by atoms with Gasteiger partial charge < -0.3 is 9.47 Å². The van der Waals surface area contributed by atoms with Gasteiger partial charge in [-0.3, -0.25) is 4.40 Å². The molecule has 0 radical (unpaired) electrons. The van der Waals surface area contributed by atoms with Gasteiger partial charge in [0.2, 0.25) is 5.65 Å². The Bertz CT molecular complexity index is 639. The number of fused-ring (bicyclic) bond motifs is 1. The molecule has 6 heteroatoms. The van der Waals surface area contributed by atoms with Crippen LogP contribution in [0.3, 0.4) is 0 Å². The Labute approximate surface area is 131 Å². The molecule has 0 spiro atoms. The molecule has 0 amide bonds. The third kappa shape index (κ3) is 2.39. The molecule has 1 aliphatic rings. The number of nitrogens with zero attached hydrogens (tertiary/aromatic N) is 3. The first-order chi connectivity index (χ1) is 9.52. The summed E-state index contributed by atoms with van der Waals surface area (Å²) >= 11 is 2.25. The van der Waals surface area contributed by atoms with Crippen LogP contribution in [0.5, 0.6) is 5.75 Å². The summed E-state index contributed by atoms with van der Waals surface area (Å²) in [7, 11) is 1.67. The second-order valence-electron chi connectivity index (χ2n) is 5.75. The smallest absolute Gasteiger partial charge is 0.204 e. The first-order valence-corrected chi connectivity index (χ1v) is 7.81. The normalized spacial score (nSPS) is 22.1. The maximum Gasteiger partial charge on any atom is 0.204 e. The predicted octanol–water partition coefficient (Wildman–Crippen LogP) is 3.02. The Morgan fingerprint density at radius 2 is 2.25 bits per heavy atom. The fraction of sp³-hybridized carbons (Fsp3) is 0.571. The van der Waals surface area contributed by atoms with E-state index >= 15 is 0 Å². The molecule has 2 aromatic rings. The third-order valence-corrected chi connectivity index (χ3v) is 4.63. The third-order valence-electron chi connectivity index (χ3n) is 3.78. The summed E-state index contributed by atoms with van der Waals surface area (Å²) in [5, 5.41) is 8.72. The molecular weight excluding hydrogens is 369 g/mol. The SMILES string of the molecule is COc1c(I)ccn2c(C3CCOC(C)(C)C3)nnc12. The van der Waals surface area contributed by atoms with Crippen LogP contribution in [-0.4, -0.2) is 33.9 Å². The summed E-state index contributed by atoms with van der Waals surface area (Å²) in [6, 6.07) is 2.03. The van der Waals surface area contributed by atoms with Crippen molar-refractivity contribution < 1.29 is 9.47 Å². The van der Waals surface area contributed by atoms with E-state index in [0.717, 1.165) is 40.2 Å². The molecule has 3 heterocycles. The quantitative estimate of drug-likeness (QED) is 0.744. The van der Waals surface area contributed by atoms with Gasteiger partial charge in [-0.05, 0) is 55.3 Å². The first-order valence-electron chi connectivity index (χ1n) is 6.73. The van der Waals surface area contributed by atoms with Gasteiger partial charge in [0.25, 0.3) is 0 Å². The number of ether oxygens (including phenoxy) is 2. The second kappa shape index (κ2) is 5.14. The lowest BCUT2D eigenvalue weighted by molar-refractivity contribution is -0.0604. The van der Waals surface area contributed by atoms with E-state index in [0.29, 0.717) is 5.92 Å². The summed E-state index contributed by atoms with van der Waals surface area (Å²) in [6.07, 6.45) is 3.97. The second-order valence-corrected chi connectivity index (χ2v) is 6.91. The minimum absolute atomic E-state index is 0.0952. The lowest BCUT2D eigenvalue weighted by Gasteiger charge is -2.34. The van der Waals surface area contributed by atoms with Crippen molar-refractivity contribution in [2.75, 3.05) is 13.7 Å². The van der Waals surface area contributed by atoms with Crippen LogP contribution in [0.1, 0.15) is 38.4 Å². The van der Waals surface area contributed by atoms with E-state index in [1.165, 1.54) is 0 Å². The van der Waals surface area contributed by atoms with E-state index in [1.54, 1.807) is 7.11 Å². The van der Waals surface area contributed by atoms with E-state index in [2.05, 4.69) is 46.6 Å². The standard InChI is InChI=1S/C14H18IN3O2/c1-14(2)8-9(5-7-20-14)12-16-17-13-11(19-3)10(15)4-6-18(12)13/h4,6,9H,5,7-8H2,1-3H3. The number of methoxy groups -OCH3 is 1. The van der Waals surface area contributed by atoms with Gasteiger partial charge in [-0.2, -0.15) is 0 Å². The first kappa shape index (κ1) is 14.1. The van der Waals surface area contributed by atoms with Crippen LogP contribution in [0.2, 0.25) is 0 Å². The highest BCUT2D eigenvalue weighted by atomic mass is 127. The van der Waals surface area contributed by atoms with Crippen molar-refractivity contribution >= 4 is 28.2 Å². The summed E-state index contributed by atoms with van der Waals surface area (Å²) in [5.74, 6) is 2.17. The summed E-state index contributed by atoms with van der Waals surface area (Å²) < 4.78 is 14.3. The molecule has 1 atom stereocenters. The number of halogens is 1. The highest BCUT2D eigenvalue weighted by molar-refractivity contribution is 14.1. The maximum atomic E-state index is 5.79. The average Bonchev–Trinajstić information content (AvgIpc) is 2.81. The molecule has 2 aromatic heterocycles. The summed E-state index contributed by atoms with van der Waals surface area (Å²) in [4.78, 5) is 0. The molecule has 0 saturated carbocycles. The van der Waals surface area contributed by atoms with Gasteiger partial charge in [0, 0.05) is 18.7 Å². The van der Waals surface area contributed by atoms with E-state index in [9.17, 15) is 0 Å². The molecule has 20 heavy (non-hydrogen) atoms. The highest BCUT2D eigenvalue weighted by Gasteiger charge is 2.32. The lowest BCUT2D eigenvalue weighted by atomic mass is 9.88. The zero-order chi connectivity index (χ0) is 14.3. The molecule has 1 unspecified atom stereocenters. The minimum Gasteiger partial charge on any atom is -0.492 e. The topological polar surface area (TPSA) is 48.7 Å². The molecule has 0 aliphatic carbocycles. The number of aromatic nitrogens is 3. The van der Waals surface area contributed by atoms with Crippen molar-refractivity contribution in [2.24, 2.45) is 0 Å². The molecule has 1 saturated heterocycles. The van der Waals surface area contributed by atoms with Crippen LogP contribution in [0.4, 0.5) is 0 Å². The number of rotatable bonds is 2. The molecule has 0 aromatic carbocycles. The lowest BCUT2D eigenvalue weighted by Crippen LogP contribution is -2.33. The molecule has 108 valence electrons. The van der Waals surface area contributed by atoms with Crippen molar-refractivity contribution in [3.63, 3.8) is 0 Å². The van der Waals surface area contributed by atoms with Crippen LogP contribution in [0.25, 0.3) is 5.65 Å². The van der Waals surface area contributed by atoms with Gasteiger partial charge in [0.15, 0.2) is 5.75 Å². The van der Waals surface area contributed by atoms with Gasteiger partial charge in [-0.15, -0.1) is 10.2 Å². The molecule has 5 nitrogen and oxygen atoms in total. The van der Waals surface area contributed by atoms with Gasteiger partial charge >= 0.3 is 0 Å². The Balaban J connectivity index is 2.05. The molecule has 0 N–H and O–H groups in total. The van der Waals surface area contributed by atoms with Gasteiger partial charge in [-0.1, -0.05) is 0 Å². The van der Waals surface area contributed by atoms with Crippen LogP contribution in [0, 0.1) is 3.57 Å². The Kier molecular flexibility index (Phi) is 3.62. The Morgan fingerprint density at radius 1 is 1.45 bits per heavy atom. The number of pyridine rings is 1. The van der Waals surface area contributed by atoms with Crippen LogP contribution in [0.15, 0.2) is 12.3 Å². The zero-order valence-corrected chi connectivity index (χ0v) is 14.0. The van der Waals surface area contributed by atoms with Gasteiger partial charge in [-0.25, -0.2) is 0 Å². The van der Waals surface area contributed by atoms with E-state index in [1.807, 2.05) is 16.7 Å². The van der Waals surface area contributed by atoms with Crippen LogP contribution in [-0.2, 0) is 4.74 Å². The predicted molar refractivity (Wildman–Crippen MR) is 84.3 cm³/mol. The molecule has 0 bridgehead atoms. The highest BCUT2D eigenvalue weighted by Crippen LogP contribution is 2.36. The van der Waals surface area contributed by atoms with Gasteiger partial charge in [0.1, 0.15) is 5.82 Å². The van der Waals surface area contributed by atoms with Crippen molar-refractivity contribution in [3.05, 3.63) is 21.7 Å². The summed E-state index contributed by atoms with van der Waals surface area (Å²) in [6.45, 7) is 5.03. The Morgan fingerprint density at radius 3 is 2.95 bits per heavy atom. The van der Waals surface area contributed by atoms with Crippen LogP contribution < -0.4 is 4.74 Å². The minimum atomic E-state index is -0.0952. The average molecular weight is 387 g/mol. The van der Waals surface area contributed by atoms with Gasteiger partial charge in [0.05, 0.1) is 16.3 Å². The largest absolute Gasteiger partial charge is 0.492 e. The van der Waals surface area contributed by atoms with Crippen molar-refractivity contribution in [1.82, 2.24) is 14.6 Å². The fourth-order valence-electron chi connectivity index (χ4n) is 2.85. The summed E-state index contributed by atoms with van der Waals surface area (Å²) in [5.41, 5.74) is 0.695. The van der Waals surface area contributed by atoms with Crippen molar-refractivity contribution in [1.29, 1.82) is 0 Å². The molecule has 1 aliphatic heterocycles. The number of hydrogen-bond acceptors (Lipinski definition) is 4. The monoisotopic (exact) mass is 387 g/mol.